The maximum atomic E-state index is 12.2. The van der Waals surface area contributed by atoms with Crippen LogP contribution < -0.4 is 15.4 Å². The standard InChI is InChI=1S/C22H17N3O3S/c26-21(24-14-15-9-11-23-12-10-15)8-7-16-5-6-17(29-16)13-20-22(27)25-18-3-1-2-4-19(18)28-20/h1-13H,14H2,(H,24,26)(H,25,27)/b8-7+,20-13-. The molecule has 2 aromatic heterocycles. The van der Waals surface area contributed by atoms with Crippen molar-refractivity contribution in [3.8, 4) is 5.75 Å². The van der Waals surface area contributed by atoms with Crippen molar-refractivity contribution in [2.45, 2.75) is 6.54 Å². The molecule has 2 amide bonds. The van der Waals surface area contributed by atoms with Crippen molar-refractivity contribution in [2.75, 3.05) is 5.32 Å². The third-order valence-electron chi connectivity index (χ3n) is 4.11. The van der Waals surface area contributed by atoms with Gasteiger partial charge < -0.3 is 15.4 Å². The molecular formula is C22H17N3O3S. The SMILES string of the molecule is O=C(/C=C/c1ccc(/C=C2\Oc3ccccc3NC2=O)s1)NCc1ccncc1. The number of ether oxygens (including phenoxy) is 1. The maximum absolute atomic E-state index is 12.2. The fraction of sp³-hybridized carbons (Fsp3) is 0.0455. The van der Waals surface area contributed by atoms with E-state index in [-0.39, 0.29) is 17.6 Å². The molecule has 6 nitrogen and oxygen atoms in total. The van der Waals surface area contributed by atoms with Gasteiger partial charge in [-0.2, -0.15) is 0 Å². The Morgan fingerprint density at radius 2 is 1.90 bits per heavy atom. The zero-order chi connectivity index (χ0) is 20.1. The highest BCUT2D eigenvalue weighted by Crippen LogP contribution is 2.31. The number of fused-ring (bicyclic) bond motifs is 1. The normalized spacial score (nSPS) is 14.3. The average Bonchev–Trinajstić information content (AvgIpc) is 3.19. The first-order valence-electron chi connectivity index (χ1n) is 8.92. The van der Waals surface area contributed by atoms with Crippen LogP contribution in [-0.2, 0) is 16.1 Å². The molecule has 29 heavy (non-hydrogen) atoms. The quantitative estimate of drug-likeness (QED) is 0.634. The Morgan fingerprint density at radius 1 is 1.10 bits per heavy atom. The minimum atomic E-state index is -0.287. The highest BCUT2D eigenvalue weighted by molar-refractivity contribution is 7.13. The molecule has 0 fully saturated rings. The summed E-state index contributed by atoms with van der Waals surface area (Å²) in [6.45, 7) is 0.446. The van der Waals surface area contributed by atoms with Crippen LogP contribution in [0.5, 0.6) is 5.75 Å². The second-order valence-corrected chi connectivity index (χ2v) is 7.35. The van der Waals surface area contributed by atoms with E-state index in [1.165, 1.54) is 17.4 Å². The number of nitrogens with zero attached hydrogens (tertiary/aromatic N) is 1. The lowest BCUT2D eigenvalue weighted by molar-refractivity contribution is -0.116. The number of carbonyl (C=O) groups excluding carboxylic acids is 2. The molecule has 4 rings (SSSR count). The zero-order valence-electron chi connectivity index (χ0n) is 15.3. The lowest BCUT2D eigenvalue weighted by Crippen LogP contribution is -2.23. The highest BCUT2D eigenvalue weighted by Gasteiger charge is 2.21. The molecule has 1 aromatic carbocycles. The summed E-state index contributed by atoms with van der Waals surface area (Å²) in [6, 6.07) is 14.7. The summed E-state index contributed by atoms with van der Waals surface area (Å²) < 4.78 is 5.70. The van der Waals surface area contributed by atoms with Gasteiger partial charge in [-0.25, -0.2) is 0 Å². The number of hydrogen-bond donors (Lipinski definition) is 2. The molecule has 0 saturated carbocycles. The molecule has 0 radical (unpaired) electrons. The smallest absolute Gasteiger partial charge is 0.291 e. The number of thiophene rings is 1. The molecule has 0 atom stereocenters. The summed E-state index contributed by atoms with van der Waals surface area (Å²) in [6.07, 6.45) is 8.30. The Balaban J connectivity index is 1.38. The first-order chi connectivity index (χ1) is 14.2. The highest BCUT2D eigenvalue weighted by atomic mass is 32.1. The van der Waals surface area contributed by atoms with Gasteiger partial charge in [-0.1, -0.05) is 12.1 Å². The number of nitrogens with one attached hydrogen (secondary N) is 2. The average molecular weight is 403 g/mol. The Morgan fingerprint density at radius 3 is 2.76 bits per heavy atom. The molecule has 144 valence electrons. The predicted molar refractivity (Wildman–Crippen MR) is 113 cm³/mol. The van der Waals surface area contributed by atoms with Crippen molar-refractivity contribution < 1.29 is 14.3 Å². The van der Waals surface area contributed by atoms with Crippen LogP contribution in [0, 0.1) is 0 Å². The molecule has 7 heteroatoms. The number of rotatable bonds is 5. The van der Waals surface area contributed by atoms with Gasteiger partial charge in [-0.3, -0.25) is 14.6 Å². The summed E-state index contributed by atoms with van der Waals surface area (Å²) in [5.41, 5.74) is 1.64. The molecule has 3 heterocycles. The van der Waals surface area contributed by atoms with Crippen LogP contribution in [0.3, 0.4) is 0 Å². The molecular weight excluding hydrogens is 386 g/mol. The first kappa shape index (κ1) is 18.6. The summed E-state index contributed by atoms with van der Waals surface area (Å²) in [5.74, 6) is 0.378. The van der Waals surface area contributed by atoms with E-state index in [0.29, 0.717) is 18.0 Å². The summed E-state index contributed by atoms with van der Waals surface area (Å²) in [7, 11) is 0. The van der Waals surface area contributed by atoms with Crippen molar-refractivity contribution in [2.24, 2.45) is 0 Å². The minimum absolute atomic E-state index is 0.179. The van der Waals surface area contributed by atoms with Crippen LogP contribution in [0.2, 0.25) is 0 Å². The minimum Gasteiger partial charge on any atom is -0.449 e. The van der Waals surface area contributed by atoms with Gasteiger partial charge in [0.05, 0.1) is 5.69 Å². The Labute approximate surface area is 171 Å². The van der Waals surface area contributed by atoms with Crippen LogP contribution in [0.25, 0.3) is 12.2 Å². The number of pyridine rings is 1. The number of aromatic nitrogens is 1. The Hall–Kier alpha value is -3.71. The van der Waals surface area contributed by atoms with Gasteiger partial charge in [0, 0.05) is 40.8 Å². The van der Waals surface area contributed by atoms with E-state index >= 15 is 0 Å². The number of amides is 2. The van der Waals surface area contributed by atoms with Gasteiger partial charge in [-0.15, -0.1) is 11.3 Å². The van der Waals surface area contributed by atoms with Gasteiger partial charge in [-0.05, 0) is 48.0 Å². The van der Waals surface area contributed by atoms with Crippen molar-refractivity contribution in [1.82, 2.24) is 10.3 Å². The second kappa shape index (κ2) is 8.53. The van der Waals surface area contributed by atoms with Gasteiger partial charge in [0.15, 0.2) is 11.5 Å². The van der Waals surface area contributed by atoms with Crippen LogP contribution in [0.1, 0.15) is 15.3 Å². The van der Waals surface area contributed by atoms with Crippen LogP contribution in [0.15, 0.2) is 72.8 Å². The molecule has 1 aliphatic rings. The number of anilines is 1. The molecule has 0 saturated heterocycles. The van der Waals surface area contributed by atoms with E-state index in [4.69, 9.17) is 4.74 Å². The maximum Gasteiger partial charge on any atom is 0.291 e. The zero-order valence-corrected chi connectivity index (χ0v) is 16.1. The van der Waals surface area contributed by atoms with E-state index in [2.05, 4.69) is 15.6 Å². The Kier molecular flexibility index (Phi) is 5.49. The monoisotopic (exact) mass is 403 g/mol. The van der Waals surface area contributed by atoms with Crippen LogP contribution in [0.4, 0.5) is 5.69 Å². The van der Waals surface area contributed by atoms with Gasteiger partial charge in [0.25, 0.3) is 5.91 Å². The predicted octanol–water partition coefficient (Wildman–Crippen LogP) is 3.84. The molecule has 2 N–H and O–H groups in total. The summed E-state index contributed by atoms with van der Waals surface area (Å²) >= 11 is 1.45. The van der Waals surface area contributed by atoms with E-state index < -0.39 is 0 Å². The first-order valence-corrected chi connectivity index (χ1v) is 9.73. The van der Waals surface area contributed by atoms with Crippen LogP contribution >= 0.6 is 11.3 Å². The molecule has 0 aliphatic carbocycles. The van der Waals surface area contributed by atoms with E-state index in [9.17, 15) is 9.59 Å². The van der Waals surface area contributed by atoms with Gasteiger partial charge in [0.1, 0.15) is 0 Å². The van der Waals surface area contributed by atoms with Crippen molar-refractivity contribution in [3.05, 3.63) is 88.1 Å². The van der Waals surface area contributed by atoms with Crippen molar-refractivity contribution in [1.29, 1.82) is 0 Å². The van der Waals surface area contributed by atoms with Crippen molar-refractivity contribution in [3.63, 3.8) is 0 Å². The number of carbonyl (C=O) groups is 2. The fourth-order valence-corrected chi connectivity index (χ4v) is 3.52. The fourth-order valence-electron chi connectivity index (χ4n) is 2.67. The number of para-hydroxylation sites is 2. The molecule has 0 bridgehead atoms. The summed E-state index contributed by atoms with van der Waals surface area (Å²) in [4.78, 5) is 29.9. The lowest BCUT2D eigenvalue weighted by atomic mass is 10.2. The molecule has 0 spiro atoms. The summed E-state index contributed by atoms with van der Waals surface area (Å²) in [5, 5.41) is 5.63. The Bertz CT molecular complexity index is 1100. The lowest BCUT2D eigenvalue weighted by Gasteiger charge is -2.19. The molecule has 0 unspecified atom stereocenters. The third kappa shape index (κ3) is 4.77. The van der Waals surface area contributed by atoms with E-state index in [0.717, 1.165) is 15.3 Å². The largest absolute Gasteiger partial charge is 0.449 e. The van der Waals surface area contributed by atoms with Gasteiger partial charge in [0.2, 0.25) is 5.91 Å². The van der Waals surface area contributed by atoms with E-state index in [1.54, 1.807) is 36.7 Å². The number of hydrogen-bond acceptors (Lipinski definition) is 5. The van der Waals surface area contributed by atoms with Crippen LogP contribution in [-0.4, -0.2) is 16.8 Å². The molecule has 1 aliphatic heterocycles. The van der Waals surface area contributed by atoms with E-state index in [1.807, 2.05) is 36.4 Å². The number of benzene rings is 1. The van der Waals surface area contributed by atoms with Gasteiger partial charge >= 0.3 is 0 Å². The third-order valence-corrected chi connectivity index (χ3v) is 5.11. The topological polar surface area (TPSA) is 80.3 Å². The molecule has 3 aromatic rings. The second-order valence-electron chi connectivity index (χ2n) is 6.21. The van der Waals surface area contributed by atoms with Crippen molar-refractivity contribution >= 4 is 41.0 Å².